The first kappa shape index (κ1) is 18.3. The fraction of sp³-hybridized carbons (Fsp3) is 0.647. The maximum Gasteiger partial charge on any atom is 0.312 e. The molecule has 24 heavy (non-hydrogen) atoms. The normalized spacial score (nSPS) is 18.8. The third-order valence-corrected chi connectivity index (χ3v) is 4.72. The van der Waals surface area contributed by atoms with E-state index in [1.54, 1.807) is 6.26 Å². The van der Waals surface area contributed by atoms with E-state index in [1.807, 2.05) is 26.0 Å². The lowest BCUT2D eigenvalue weighted by molar-refractivity contribution is -0.124. The highest BCUT2D eigenvalue weighted by molar-refractivity contribution is 5.86. The van der Waals surface area contributed by atoms with Gasteiger partial charge >= 0.3 is 6.03 Å². The number of carbonyl (C=O) groups excluding carboxylic acids is 2. The molecule has 4 N–H and O–H groups in total. The van der Waals surface area contributed by atoms with Gasteiger partial charge in [0.2, 0.25) is 5.91 Å². The van der Waals surface area contributed by atoms with Crippen LogP contribution in [0.1, 0.15) is 44.9 Å². The molecule has 2 heterocycles. The maximum atomic E-state index is 12.5. The Balaban J connectivity index is 2.01. The standard InChI is InChI=1S/C17H28N4O3/c1-3-12(2)15(20-17(18)23)16(22)19-11-13(14-7-6-10-24-14)21-8-4-5-9-21/h6-7,10,12-13,15H,3-5,8-9,11H2,1-2H3,(H,19,22)(H3,18,20,23)/t12-,13+,15-/m0/s1. The van der Waals surface area contributed by atoms with E-state index < -0.39 is 12.1 Å². The molecule has 134 valence electrons. The predicted molar refractivity (Wildman–Crippen MR) is 91.2 cm³/mol. The minimum Gasteiger partial charge on any atom is -0.468 e. The summed E-state index contributed by atoms with van der Waals surface area (Å²) in [6.45, 7) is 6.33. The number of carbonyl (C=O) groups is 2. The van der Waals surface area contributed by atoms with E-state index in [2.05, 4.69) is 15.5 Å². The number of nitrogens with zero attached hydrogens (tertiary/aromatic N) is 1. The second-order valence-corrected chi connectivity index (χ2v) is 6.39. The molecule has 0 unspecified atom stereocenters. The average Bonchev–Trinajstić information content (AvgIpc) is 3.25. The Morgan fingerprint density at radius 3 is 2.62 bits per heavy atom. The van der Waals surface area contributed by atoms with Gasteiger partial charge in [0.25, 0.3) is 0 Å². The van der Waals surface area contributed by atoms with Crippen molar-refractivity contribution in [2.75, 3.05) is 19.6 Å². The first-order valence-electron chi connectivity index (χ1n) is 8.64. The van der Waals surface area contributed by atoms with Gasteiger partial charge in [-0.15, -0.1) is 0 Å². The predicted octanol–water partition coefficient (Wildman–Crippen LogP) is 1.62. The molecule has 0 aromatic carbocycles. The van der Waals surface area contributed by atoms with Crippen LogP contribution in [-0.4, -0.2) is 42.5 Å². The van der Waals surface area contributed by atoms with Gasteiger partial charge in [0, 0.05) is 6.54 Å². The molecule has 1 aromatic rings. The molecule has 7 heteroatoms. The van der Waals surface area contributed by atoms with Crippen LogP contribution in [0.4, 0.5) is 4.79 Å². The van der Waals surface area contributed by atoms with E-state index in [4.69, 9.17) is 10.2 Å². The molecule has 0 spiro atoms. The van der Waals surface area contributed by atoms with Crippen molar-refractivity contribution < 1.29 is 14.0 Å². The number of furan rings is 1. The number of hydrogen-bond donors (Lipinski definition) is 3. The molecule has 1 aliphatic heterocycles. The van der Waals surface area contributed by atoms with Crippen LogP contribution in [0.25, 0.3) is 0 Å². The van der Waals surface area contributed by atoms with Crippen molar-refractivity contribution in [3.05, 3.63) is 24.2 Å². The lowest BCUT2D eigenvalue weighted by Crippen LogP contribution is -2.52. The van der Waals surface area contributed by atoms with Gasteiger partial charge in [-0.1, -0.05) is 20.3 Å². The zero-order valence-corrected chi connectivity index (χ0v) is 14.5. The second-order valence-electron chi connectivity index (χ2n) is 6.39. The quantitative estimate of drug-likeness (QED) is 0.671. The summed E-state index contributed by atoms with van der Waals surface area (Å²) in [6, 6.07) is 2.50. The monoisotopic (exact) mass is 336 g/mol. The number of nitrogens with one attached hydrogen (secondary N) is 2. The molecule has 3 amide bonds. The molecule has 0 radical (unpaired) electrons. The zero-order valence-electron chi connectivity index (χ0n) is 14.5. The molecular weight excluding hydrogens is 308 g/mol. The van der Waals surface area contributed by atoms with Crippen LogP contribution in [-0.2, 0) is 4.79 Å². The van der Waals surface area contributed by atoms with E-state index in [-0.39, 0.29) is 17.9 Å². The third kappa shape index (κ3) is 4.74. The molecule has 0 saturated carbocycles. The number of amides is 3. The van der Waals surface area contributed by atoms with Crippen molar-refractivity contribution in [2.45, 2.75) is 45.2 Å². The van der Waals surface area contributed by atoms with Gasteiger partial charge in [0.15, 0.2) is 0 Å². The summed E-state index contributed by atoms with van der Waals surface area (Å²) >= 11 is 0. The van der Waals surface area contributed by atoms with Gasteiger partial charge in [0.05, 0.1) is 12.3 Å². The minimum absolute atomic E-state index is 0.00588. The Morgan fingerprint density at radius 1 is 1.38 bits per heavy atom. The molecule has 1 fully saturated rings. The van der Waals surface area contributed by atoms with Crippen LogP contribution in [0.15, 0.2) is 22.8 Å². The SMILES string of the molecule is CC[C@H](C)[C@H](NC(N)=O)C(=O)NC[C@H](c1ccco1)N1CCCC1. The van der Waals surface area contributed by atoms with Crippen LogP contribution < -0.4 is 16.4 Å². The number of nitrogens with two attached hydrogens (primary N) is 1. The van der Waals surface area contributed by atoms with Crippen molar-refractivity contribution >= 4 is 11.9 Å². The Kier molecular flexibility index (Phi) is 6.66. The zero-order chi connectivity index (χ0) is 17.5. The lowest BCUT2D eigenvalue weighted by Gasteiger charge is -2.28. The van der Waals surface area contributed by atoms with E-state index in [9.17, 15) is 9.59 Å². The molecule has 1 aromatic heterocycles. The highest BCUT2D eigenvalue weighted by atomic mass is 16.3. The van der Waals surface area contributed by atoms with Gasteiger partial charge in [0.1, 0.15) is 11.8 Å². The number of likely N-dealkylation sites (tertiary alicyclic amines) is 1. The lowest BCUT2D eigenvalue weighted by atomic mass is 9.98. The summed E-state index contributed by atoms with van der Waals surface area (Å²) in [5.74, 6) is 0.644. The Hall–Kier alpha value is -2.02. The molecular formula is C17H28N4O3. The van der Waals surface area contributed by atoms with Crippen molar-refractivity contribution in [1.82, 2.24) is 15.5 Å². The van der Waals surface area contributed by atoms with E-state index in [1.165, 1.54) is 0 Å². The van der Waals surface area contributed by atoms with Gasteiger partial charge in [-0.25, -0.2) is 4.79 Å². The Bertz CT molecular complexity index is 526. The van der Waals surface area contributed by atoms with Crippen LogP contribution in [0.3, 0.4) is 0 Å². The summed E-state index contributed by atoms with van der Waals surface area (Å²) in [5.41, 5.74) is 5.20. The molecule has 7 nitrogen and oxygen atoms in total. The number of hydrogen-bond acceptors (Lipinski definition) is 4. The number of urea groups is 1. The van der Waals surface area contributed by atoms with Gasteiger partial charge < -0.3 is 20.8 Å². The summed E-state index contributed by atoms with van der Waals surface area (Å²) < 4.78 is 5.55. The van der Waals surface area contributed by atoms with Crippen LogP contribution in [0, 0.1) is 5.92 Å². The fourth-order valence-corrected chi connectivity index (χ4v) is 3.11. The minimum atomic E-state index is -0.683. The highest BCUT2D eigenvalue weighted by Gasteiger charge is 2.29. The second kappa shape index (κ2) is 8.73. The number of rotatable bonds is 8. The maximum absolute atomic E-state index is 12.5. The summed E-state index contributed by atoms with van der Waals surface area (Å²) in [7, 11) is 0. The van der Waals surface area contributed by atoms with Gasteiger partial charge in [-0.2, -0.15) is 0 Å². The number of primary amides is 1. The smallest absolute Gasteiger partial charge is 0.312 e. The molecule has 2 rings (SSSR count). The van der Waals surface area contributed by atoms with Crippen LogP contribution >= 0.6 is 0 Å². The molecule has 0 bridgehead atoms. The first-order valence-corrected chi connectivity index (χ1v) is 8.64. The molecule has 3 atom stereocenters. The fourth-order valence-electron chi connectivity index (χ4n) is 3.11. The Morgan fingerprint density at radius 2 is 2.08 bits per heavy atom. The molecule has 1 saturated heterocycles. The van der Waals surface area contributed by atoms with E-state index >= 15 is 0 Å². The molecule has 0 aliphatic carbocycles. The first-order chi connectivity index (χ1) is 11.5. The van der Waals surface area contributed by atoms with Gasteiger partial charge in [-0.3, -0.25) is 9.69 Å². The van der Waals surface area contributed by atoms with Crippen molar-refractivity contribution in [1.29, 1.82) is 0 Å². The molecule has 1 aliphatic rings. The largest absolute Gasteiger partial charge is 0.468 e. The van der Waals surface area contributed by atoms with Crippen LogP contribution in [0.2, 0.25) is 0 Å². The topological polar surface area (TPSA) is 101 Å². The Labute approximate surface area is 142 Å². The summed E-state index contributed by atoms with van der Waals surface area (Å²) in [4.78, 5) is 26.0. The van der Waals surface area contributed by atoms with E-state index in [0.717, 1.165) is 38.1 Å². The average molecular weight is 336 g/mol. The third-order valence-electron chi connectivity index (χ3n) is 4.72. The highest BCUT2D eigenvalue weighted by Crippen LogP contribution is 2.25. The van der Waals surface area contributed by atoms with Crippen LogP contribution in [0.5, 0.6) is 0 Å². The van der Waals surface area contributed by atoms with Gasteiger partial charge in [-0.05, 0) is 44.0 Å². The summed E-state index contributed by atoms with van der Waals surface area (Å²) in [6.07, 6.45) is 4.73. The van der Waals surface area contributed by atoms with E-state index in [0.29, 0.717) is 6.54 Å². The van der Waals surface area contributed by atoms with Crippen molar-refractivity contribution in [2.24, 2.45) is 11.7 Å². The van der Waals surface area contributed by atoms with Crippen molar-refractivity contribution in [3.63, 3.8) is 0 Å². The summed E-state index contributed by atoms with van der Waals surface area (Å²) in [5, 5.41) is 5.51. The van der Waals surface area contributed by atoms with Crippen molar-refractivity contribution in [3.8, 4) is 0 Å².